The number of hydrogen-bond acceptors (Lipinski definition) is 3. The molecule has 82 valence electrons. The predicted molar refractivity (Wildman–Crippen MR) is 63.6 cm³/mol. The van der Waals surface area contributed by atoms with Gasteiger partial charge in [0.25, 0.3) is 0 Å². The fraction of sp³-hybridized carbons (Fsp3) is 0.750. The molecule has 0 spiro atoms. The lowest BCUT2D eigenvalue weighted by atomic mass is 9.83. The van der Waals surface area contributed by atoms with Crippen LogP contribution in [0, 0.1) is 0 Å². The van der Waals surface area contributed by atoms with E-state index in [-0.39, 0.29) is 0 Å². The minimum atomic E-state index is 0.692. The Labute approximate surface area is 95.1 Å². The minimum absolute atomic E-state index is 0.692. The maximum absolute atomic E-state index is 4.83. The Morgan fingerprint density at radius 1 is 1.20 bits per heavy atom. The Kier molecular flexibility index (Phi) is 2.76. The van der Waals surface area contributed by atoms with E-state index in [0.717, 1.165) is 12.5 Å². The third kappa shape index (κ3) is 1.95. The number of nitrogens with one attached hydrogen (secondary N) is 1. The fourth-order valence-corrected chi connectivity index (χ4v) is 3.48. The molecule has 1 aliphatic heterocycles. The van der Waals surface area contributed by atoms with Crippen LogP contribution in [-0.4, -0.2) is 18.1 Å². The molecule has 1 N–H and O–H groups in total. The molecule has 1 aliphatic carbocycles. The molecule has 1 aromatic heterocycles. The number of thiazole rings is 1. The zero-order chi connectivity index (χ0) is 10.1. The summed E-state index contributed by atoms with van der Waals surface area (Å²) < 4.78 is 0. The fourth-order valence-electron chi connectivity index (χ4n) is 2.44. The largest absolute Gasteiger partial charge is 0.316 e. The number of piperidine rings is 1. The van der Waals surface area contributed by atoms with Gasteiger partial charge in [-0.15, -0.1) is 11.3 Å². The van der Waals surface area contributed by atoms with Crippen LogP contribution in [0.25, 0.3) is 0 Å². The van der Waals surface area contributed by atoms with Crippen LogP contribution in [-0.2, 0) is 0 Å². The van der Waals surface area contributed by atoms with Crippen molar-refractivity contribution in [2.75, 3.05) is 13.1 Å². The van der Waals surface area contributed by atoms with Gasteiger partial charge in [-0.2, -0.15) is 0 Å². The molecule has 1 unspecified atom stereocenters. The van der Waals surface area contributed by atoms with Crippen LogP contribution in [0.3, 0.4) is 0 Å². The molecule has 1 aromatic rings. The summed E-state index contributed by atoms with van der Waals surface area (Å²) in [6, 6.07) is 0. The summed E-state index contributed by atoms with van der Waals surface area (Å²) in [6.45, 7) is 2.33. The summed E-state index contributed by atoms with van der Waals surface area (Å²) >= 11 is 1.88. The summed E-state index contributed by atoms with van der Waals surface area (Å²) in [5.41, 5.74) is 1.38. The minimum Gasteiger partial charge on any atom is -0.316 e. The number of aromatic nitrogens is 1. The lowest BCUT2D eigenvalue weighted by Gasteiger charge is -2.23. The van der Waals surface area contributed by atoms with Crippen LogP contribution >= 0.6 is 11.3 Å². The topological polar surface area (TPSA) is 24.9 Å². The highest BCUT2D eigenvalue weighted by atomic mass is 32.1. The van der Waals surface area contributed by atoms with E-state index in [1.54, 1.807) is 0 Å². The Hall–Kier alpha value is -0.410. The molecule has 1 atom stereocenters. The molecular weight excluding hydrogens is 204 g/mol. The van der Waals surface area contributed by atoms with Crippen LogP contribution in [0.5, 0.6) is 0 Å². The summed E-state index contributed by atoms with van der Waals surface area (Å²) in [5.74, 6) is 1.49. The number of hydrogen-bond donors (Lipinski definition) is 1. The molecule has 0 amide bonds. The Morgan fingerprint density at radius 2 is 2.07 bits per heavy atom. The second kappa shape index (κ2) is 4.22. The highest BCUT2D eigenvalue weighted by molar-refractivity contribution is 7.09. The van der Waals surface area contributed by atoms with Gasteiger partial charge >= 0.3 is 0 Å². The molecule has 0 aromatic carbocycles. The van der Waals surface area contributed by atoms with E-state index in [4.69, 9.17) is 4.98 Å². The molecule has 2 aliphatic rings. The zero-order valence-electron chi connectivity index (χ0n) is 9.04. The van der Waals surface area contributed by atoms with Gasteiger partial charge in [-0.25, -0.2) is 4.98 Å². The Bertz CT molecular complexity index is 324. The van der Waals surface area contributed by atoms with E-state index in [2.05, 4.69) is 10.7 Å². The van der Waals surface area contributed by atoms with Gasteiger partial charge in [-0.1, -0.05) is 6.42 Å². The first kappa shape index (κ1) is 9.79. The highest BCUT2D eigenvalue weighted by Crippen LogP contribution is 2.38. The van der Waals surface area contributed by atoms with E-state index in [0.29, 0.717) is 5.92 Å². The van der Waals surface area contributed by atoms with Crippen LogP contribution in [0.15, 0.2) is 5.38 Å². The van der Waals surface area contributed by atoms with Crippen molar-refractivity contribution in [1.29, 1.82) is 0 Å². The van der Waals surface area contributed by atoms with Gasteiger partial charge in [0.05, 0.1) is 10.7 Å². The lowest BCUT2D eigenvalue weighted by molar-refractivity contribution is 0.409. The quantitative estimate of drug-likeness (QED) is 0.832. The summed E-state index contributed by atoms with van der Waals surface area (Å²) in [5, 5.41) is 7.14. The van der Waals surface area contributed by atoms with Crippen molar-refractivity contribution >= 4 is 11.3 Å². The maximum atomic E-state index is 4.83. The summed E-state index contributed by atoms with van der Waals surface area (Å²) in [7, 11) is 0. The molecule has 0 radical (unpaired) electrons. The van der Waals surface area contributed by atoms with Crippen molar-refractivity contribution in [2.45, 2.75) is 43.9 Å². The monoisotopic (exact) mass is 222 g/mol. The van der Waals surface area contributed by atoms with E-state index >= 15 is 0 Å². The molecule has 3 heteroatoms. The Balaban J connectivity index is 1.71. The third-order valence-electron chi connectivity index (χ3n) is 3.71. The summed E-state index contributed by atoms with van der Waals surface area (Å²) in [6.07, 6.45) is 6.77. The second-order valence-electron chi connectivity index (χ2n) is 4.78. The number of rotatable bonds is 2. The first-order valence-corrected chi connectivity index (χ1v) is 6.97. The molecule has 2 nitrogen and oxygen atoms in total. The van der Waals surface area contributed by atoms with Gasteiger partial charge in [-0.05, 0) is 32.2 Å². The van der Waals surface area contributed by atoms with Crippen molar-refractivity contribution in [1.82, 2.24) is 10.3 Å². The zero-order valence-corrected chi connectivity index (χ0v) is 9.85. The van der Waals surface area contributed by atoms with E-state index in [1.165, 1.54) is 49.4 Å². The number of nitrogens with zero attached hydrogens (tertiary/aromatic N) is 1. The van der Waals surface area contributed by atoms with Gasteiger partial charge in [-0.3, -0.25) is 0 Å². The highest BCUT2D eigenvalue weighted by Gasteiger charge is 2.24. The van der Waals surface area contributed by atoms with E-state index in [1.807, 2.05) is 11.3 Å². The van der Waals surface area contributed by atoms with Gasteiger partial charge in [0, 0.05) is 23.8 Å². The molecule has 0 bridgehead atoms. The molecule has 1 saturated heterocycles. The molecule has 15 heavy (non-hydrogen) atoms. The average Bonchev–Trinajstić information content (AvgIpc) is 2.66. The standard InChI is InChI=1S/C12H18N2S/c1-3-9(4-1)11-8-15-12(14-11)10-5-2-6-13-7-10/h8-10,13H,1-7H2. The van der Waals surface area contributed by atoms with Gasteiger partial charge in [0.15, 0.2) is 0 Å². The van der Waals surface area contributed by atoms with E-state index in [9.17, 15) is 0 Å². The molecule has 2 heterocycles. The molecule has 3 rings (SSSR count). The van der Waals surface area contributed by atoms with Crippen molar-refractivity contribution < 1.29 is 0 Å². The molecule has 2 fully saturated rings. The van der Waals surface area contributed by atoms with Crippen LogP contribution in [0.2, 0.25) is 0 Å². The van der Waals surface area contributed by atoms with Gasteiger partial charge in [0.2, 0.25) is 0 Å². The van der Waals surface area contributed by atoms with Crippen molar-refractivity contribution in [2.24, 2.45) is 0 Å². The lowest BCUT2D eigenvalue weighted by Crippen LogP contribution is -2.28. The predicted octanol–water partition coefficient (Wildman–Crippen LogP) is 2.88. The Morgan fingerprint density at radius 3 is 2.73 bits per heavy atom. The van der Waals surface area contributed by atoms with Crippen LogP contribution < -0.4 is 5.32 Å². The van der Waals surface area contributed by atoms with Crippen molar-refractivity contribution in [3.05, 3.63) is 16.1 Å². The van der Waals surface area contributed by atoms with Crippen molar-refractivity contribution in [3.63, 3.8) is 0 Å². The second-order valence-corrected chi connectivity index (χ2v) is 5.67. The summed E-state index contributed by atoms with van der Waals surface area (Å²) in [4.78, 5) is 4.83. The van der Waals surface area contributed by atoms with Crippen LogP contribution in [0.1, 0.15) is 54.6 Å². The smallest absolute Gasteiger partial charge is 0.0972 e. The SMILES string of the molecule is c1sc(C2CCCNC2)nc1C1CCC1. The van der Waals surface area contributed by atoms with Crippen molar-refractivity contribution in [3.8, 4) is 0 Å². The normalized spacial score (nSPS) is 27.6. The molecular formula is C12H18N2S. The van der Waals surface area contributed by atoms with Gasteiger partial charge < -0.3 is 5.32 Å². The molecule has 1 saturated carbocycles. The first-order valence-electron chi connectivity index (χ1n) is 6.09. The maximum Gasteiger partial charge on any atom is 0.0972 e. The van der Waals surface area contributed by atoms with Gasteiger partial charge in [0.1, 0.15) is 0 Å². The third-order valence-corrected chi connectivity index (χ3v) is 4.73. The van der Waals surface area contributed by atoms with Crippen LogP contribution in [0.4, 0.5) is 0 Å². The van der Waals surface area contributed by atoms with E-state index < -0.39 is 0 Å². The first-order chi connectivity index (χ1) is 7.43. The average molecular weight is 222 g/mol.